The average molecular weight is 311 g/mol. The summed E-state index contributed by atoms with van der Waals surface area (Å²) < 4.78 is 0. The highest BCUT2D eigenvalue weighted by molar-refractivity contribution is 5.74. The maximum atomic E-state index is 12.1. The molecule has 0 saturated heterocycles. The average Bonchev–Trinajstić information content (AvgIpc) is 2.60. The molecule has 3 N–H and O–H groups in total. The Balaban J connectivity index is 1.43. The topological polar surface area (TPSA) is 78.9 Å². The van der Waals surface area contributed by atoms with Crippen LogP contribution in [0.5, 0.6) is 0 Å². The highest BCUT2D eigenvalue weighted by Crippen LogP contribution is 2.29. The molecule has 2 aromatic rings. The van der Waals surface area contributed by atoms with Gasteiger partial charge in [-0.25, -0.2) is 9.78 Å². The van der Waals surface area contributed by atoms with E-state index in [1.807, 2.05) is 6.07 Å². The molecule has 0 unspecified atom stereocenters. The number of urea groups is 1. The summed E-state index contributed by atoms with van der Waals surface area (Å²) in [7, 11) is 0. The predicted octanol–water partition coefficient (Wildman–Crippen LogP) is 2.27. The summed E-state index contributed by atoms with van der Waals surface area (Å²) in [4.78, 5) is 20.1. The van der Waals surface area contributed by atoms with Crippen molar-refractivity contribution in [2.24, 2.45) is 0 Å². The van der Waals surface area contributed by atoms with Gasteiger partial charge in [0.05, 0.1) is 12.2 Å². The van der Waals surface area contributed by atoms with Crippen LogP contribution in [0.3, 0.4) is 0 Å². The summed E-state index contributed by atoms with van der Waals surface area (Å²) in [5.74, 6) is 0.705. The number of fused-ring (bicyclic) bond motifs is 1. The maximum absolute atomic E-state index is 12.1. The molecule has 120 valence electrons. The third-order valence-corrected chi connectivity index (χ3v) is 3.95. The minimum atomic E-state index is -0.132. The fourth-order valence-corrected chi connectivity index (χ4v) is 2.87. The first kappa shape index (κ1) is 15.3. The van der Waals surface area contributed by atoms with Crippen LogP contribution in [0, 0.1) is 0 Å². The zero-order chi connectivity index (χ0) is 15.9. The van der Waals surface area contributed by atoms with Gasteiger partial charge in [-0.3, -0.25) is 4.98 Å². The van der Waals surface area contributed by atoms with Gasteiger partial charge in [-0.05, 0) is 30.4 Å². The molecular weight excluding hydrogens is 290 g/mol. The van der Waals surface area contributed by atoms with E-state index in [1.54, 1.807) is 18.6 Å². The molecule has 1 aliphatic rings. The third kappa shape index (κ3) is 4.18. The van der Waals surface area contributed by atoms with E-state index in [4.69, 9.17) is 0 Å². The van der Waals surface area contributed by atoms with Crippen molar-refractivity contribution < 1.29 is 4.79 Å². The largest absolute Gasteiger partial charge is 0.367 e. The fourth-order valence-electron chi connectivity index (χ4n) is 2.87. The van der Waals surface area contributed by atoms with Gasteiger partial charge >= 0.3 is 6.03 Å². The number of nitrogens with zero attached hydrogens (tertiary/aromatic N) is 2. The van der Waals surface area contributed by atoms with Crippen LogP contribution in [-0.2, 0) is 6.42 Å². The van der Waals surface area contributed by atoms with Crippen molar-refractivity contribution in [2.75, 3.05) is 18.4 Å². The second-order valence-electron chi connectivity index (χ2n) is 5.56. The fraction of sp³-hybridized carbons (Fsp3) is 0.353. The first-order valence-electron chi connectivity index (χ1n) is 7.95. The molecule has 23 heavy (non-hydrogen) atoms. The van der Waals surface area contributed by atoms with Crippen LogP contribution in [-0.4, -0.2) is 29.1 Å². The van der Waals surface area contributed by atoms with Crippen LogP contribution in [0.4, 0.5) is 10.6 Å². The predicted molar refractivity (Wildman–Crippen MR) is 89.2 cm³/mol. The molecule has 1 heterocycles. The van der Waals surface area contributed by atoms with Crippen LogP contribution >= 0.6 is 0 Å². The molecule has 0 fully saturated rings. The standard InChI is InChI=1S/C17H21N5O/c23-17(21-11-10-20-16-12-18-8-9-19-16)22-15-7-3-5-13-4-1-2-6-14(13)15/h1-2,4,6,8-9,12,15H,3,5,7,10-11H2,(H,19,20)(H2,21,22,23)/t15-/m1/s1. The Hall–Kier alpha value is -2.63. The van der Waals surface area contributed by atoms with E-state index in [1.165, 1.54) is 11.1 Å². The minimum Gasteiger partial charge on any atom is -0.367 e. The monoisotopic (exact) mass is 311 g/mol. The lowest BCUT2D eigenvalue weighted by Gasteiger charge is -2.26. The summed E-state index contributed by atoms with van der Waals surface area (Å²) in [6, 6.07) is 8.31. The molecule has 1 atom stereocenters. The number of aryl methyl sites for hydroxylation is 1. The number of benzene rings is 1. The summed E-state index contributed by atoms with van der Waals surface area (Å²) in [5, 5.41) is 9.04. The minimum absolute atomic E-state index is 0.105. The number of nitrogens with one attached hydrogen (secondary N) is 3. The Labute approximate surface area is 135 Å². The lowest BCUT2D eigenvalue weighted by Crippen LogP contribution is -2.40. The van der Waals surface area contributed by atoms with Crippen molar-refractivity contribution in [2.45, 2.75) is 25.3 Å². The van der Waals surface area contributed by atoms with E-state index in [2.05, 4.69) is 44.1 Å². The molecule has 0 radical (unpaired) electrons. The van der Waals surface area contributed by atoms with Crippen LogP contribution < -0.4 is 16.0 Å². The van der Waals surface area contributed by atoms with Gasteiger partial charge in [-0.2, -0.15) is 0 Å². The van der Waals surface area contributed by atoms with Gasteiger partial charge in [-0.1, -0.05) is 24.3 Å². The number of rotatable bonds is 5. The summed E-state index contributed by atoms with van der Waals surface area (Å²) in [6.07, 6.45) is 8.09. The first-order valence-corrected chi connectivity index (χ1v) is 7.95. The molecule has 3 rings (SSSR count). The van der Waals surface area contributed by atoms with Gasteiger partial charge in [0.2, 0.25) is 0 Å². The van der Waals surface area contributed by atoms with Crippen molar-refractivity contribution >= 4 is 11.8 Å². The van der Waals surface area contributed by atoms with Crippen LogP contribution in [0.1, 0.15) is 30.0 Å². The number of hydrogen-bond donors (Lipinski definition) is 3. The number of amides is 2. The second kappa shape index (κ2) is 7.58. The van der Waals surface area contributed by atoms with Crippen LogP contribution in [0.2, 0.25) is 0 Å². The Kier molecular flexibility index (Phi) is 5.03. The van der Waals surface area contributed by atoms with Crippen LogP contribution in [0.15, 0.2) is 42.9 Å². The van der Waals surface area contributed by atoms with Crippen molar-refractivity contribution in [3.05, 3.63) is 54.0 Å². The van der Waals surface area contributed by atoms with E-state index in [-0.39, 0.29) is 12.1 Å². The van der Waals surface area contributed by atoms with Crippen molar-refractivity contribution in [3.8, 4) is 0 Å². The lowest BCUT2D eigenvalue weighted by molar-refractivity contribution is 0.236. The van der Waals surface area contributed by atoms with Gasteiger partial charge < -0.3 is 16.0 Å². The number of carbonyl (C=O) groups is 1. The lowest BCUT2D eigenvalue weighted by atomic mass is 9.88. The summed E-state index contributed by atoms with van der Waals surface area (Å²) in [6.45, 7) is 1.13. The molecule has 0 aliphatic heterocycles. The molecule has 1 aliphatic carbocycles. The number of anilines is 1. The molecule has 0 spiro atoms. The normalized spacial score (nSPS) is 16.3. The van der Waals surface area contributed by atoms with Crippen molar-refractivity contribution in [3.63, 3.8) is 0 Å². The van der Waals surface area contributed by atoms with E-state index in [9.17, 15) is 4.79 Å². The van der Waals surface area contributed by atoms with E-state index in [0.29, 0.717) is 18.9 Å². The van der Waals surface area contributed by atoms with Crippen molar-refractivity contribution in [1.29, 1.82) is 0 Å². The molecular formula is C17H21N5O. The van der Waals surface area contributed by atoms with E-state index in [0.717, 1.165) is 19.3 Å². The molecule has 1 aromatic heterocycles. The van der Waals surface area contributed by atoms with E-state index < -0.39 is 0 Å². The molecule has 6 nitrogen and oxygen atoms in total. The maximum Gasteiger partial charge on any atom is 0.315 e. The number of aromatic nitrogens is 2. The van der Waals surface area contributed by atoms with Gasteiger partial charge in [0, 0.05) is 25.5 Å². The highest BCUT2D eigenvalue weighted by Gasteiger charge is 2.20. The number of carbonyl (C=O) groups excluding carboxylic acids is 1. The van der Waals surface area contributed by atoms with Gasteiger partial charge in [0.15, 0.2) is 0 Å². The Morgan fingerprint density at radius 2 is 2.13 bits per heavy atom. The summed E-state index contributed by atoms with van der Waals surface area (Å²) >= 11 is 0. The summed E-state index contributed by atoms with van der Waals surface area (Å²) in [5.41, 5.74) is 2.58. The molecule has 6 heteroatoms. The van der Waals surface area contributed by atoms with Crippen LogP contribution in [0.25, 0.3) is 0 Å². The second-order valence-corrected chi connectivity index (χ2v) is 5.56. The smallest absolute Gasteiger partial charge is 0.315 e. The zero-order valence-electron chi connectivity index (χ0n) is 13.0. The Bertz CT molecular complexity index is 646. The van der Waals surface area contributed by atoms with Crippen molar-refractivity contribution in [1.82, 2.24) is 20.6 Å². The quantitative estimate of drug-likeness (QED) is 0.740. The Morgan fingerprint density at radius 1 is 1.22 bits per heavy atom. The van der Waals surface area contributed by atoms with E-state index >= 15 is 0 Å². The molecule has 1 aromatic carbocycles. The van der Waals surface area contributed by atoms with Gasteiger partial charge in [0.25, 0.3) is 0 Å². The highest BCUT2D eigenvalue weighted by atomic mass is 16.2. The Morgan fingerprint density at radius 3 is 3.00 bits per heavy atom. The molecule has 2 amide bonds. The van der Waals surface area contributed by atoms with Gasteiger partial charge in [-0.15, -0.1) is 0 Å². The number of hydrogen-bond acceptors (Lipinski definition) is 4. The third-order valence-electron chi connectivity index (χ3n) is 3.95. The first-order chi connectivity index (χ1) is 11.3. The SMILES string of the molecule is O=C(NCCNc1cnccn1)N[C@@H]1CCCc2ccccc21. The molecule has 0 saturated carbocycles. The molecule has 0 bridgehead atoms. The zero-order valence-corrected chi connectivity index (χ0v) is 13.0. The van der Waals surface area contributed by atoms with Gasteiger partial charge in [0.1, 0.15) is 5.82 Å².